The lowest BCUT2D eigenvalue weighted by Gasteiger charge is -2.21. The van der Waals surface area contributed by atoms with Gasteiger partial charge in [-0.25, -0.2) is 0 Å². The summed E-state index contributed by atoms with van der Waals surface area (Å²) >= 11 is 0. The van der Waals surface area contributed by atoms with E-state index in [0.29, 0.717) is 28.6 Å². The Hall–Kier alpha value is -3.22. The first kappa shape index (κ1) is 16.6. The topological polar surface area (TPSA) is 77.1 Å². The Bertz CT molecular complexity index is 806. The van der Waals surface area contributed by atoms with Crippen molar-refractivity contribution in [3.8, 4) is 17.2 Å². The largest absolute Gasteiger partial charge is 0.495 e. The standard InChI is InChI=1S/C18H18N2O5/c1-12(21)20(13-7-8-16-17(9-13)25-11-24-16)10-18(22)19-14-5-3-4-6-15(14)23-2/h3-9H,10-11H2,1-2H3,(H,19,22). The van der Waals surface area contributed by atoms with Gasteiger partial charge < -0.3 is 24.4 Å². The Balaban J connectivity index is 1.76. The molecule has 7 nitrogen and oxygen atoms in total. The summed E-state index contributed by atoms with van der Waals surface area (Å²) in [5.74, 6) is 1.12. The number of methoxy groups -OCH3 is 1. The Morgan fingerprint density at radius 1 is 1.16 bits per heavy atom. The second-order valence-corrected chi connectivity index (χ2v) is 5.39. The molecule has 7 heteroatoms. The number of anilines is 2. The van der Waals surface area contributed by atoms with Crippen molar-refractivity contribution < 1.29 is 23.8 Å². The second-order valence-electron chi connectivity index (χ2n) is 5.39. The van der Waals surface area contributed by atoms with E-state index in [-0.39, 0.29) is 25.2 Å². The third-order valence-electron chi connectivity index (χ3n) is 3.73. The van der Waals surface area contributed by atoms with Gasteiger partial charge in [-0.1, -0.05) is 12.1 Å². The van der Waals surface area contributed by atoms with Gasteiger partial charge in [-0.2, -0.15) is 0 Å². The Labute approximate surface area is 145 Å². The molecule has 0 spiro atoms. The molecular weight excluding hydrogens is 324 g/mol. The molecule has 0 aromatic heterocycles. The highest BCUT2D eigenvalue weighted by atomic mass is 16.7. The maximum Gasteiger partial charge on any atom is 0.244 e. The number of benzene rings is 2. The van der Waals surface area contributed by atoms with Crippen molar-refractivity contribution in [3.63, 3.8) is 0 Å². The van der Waals surface area contributed by atoms with Crippen LogP contribution in [-0.4, -0.2) is 32.3 Å². The number of amides is 2. The minimum absolute atomic E-state index is 0.132. The van der Waals surface area contributed by atoms with E-state index in [4.69, 9.17) is 14.2 Å². The third-order valence-corrected chi connectivity index (χ3v) is 3.73. The molecular formula is C18H18N2O5. The second kappa shape index (κ2) is 7.12. The molecule has 1 heterocycles. The molecule has 0 fully saturated rings. The van der Waals surface area contributed by atoms with Crippen molar-refractivity contribution in [2.24, 2.45) is 0 Å². The molecule has 1 aliphatic rings. The van der Waals surface area contributed by atoms with Crippen LogP contribution in [0.25, 0.3) is 0 Å². The third kappa shape index (κ3) is 3.65. The van der Waals surface area contributed by atoms with Crippen molar-refractivity contribution in [3.05, 3.63) is 42.5 Å². The lowest BCUT2D eigenvalue weighted by Crippen LogP contribution is -2.36. The number of nitrogens with one attached hydrogen (secondary N) is 1. The van der Waals surface area contributed by atoms with Gasteiger partial charge in [0.1, 0.15) is 12.3 Å². The van der Waals surface area contributed by atoms with Gasteiger partial charge in [0.15, 0.2) is 11.5 Å². The van der Waals surface area contributed by atoms with Crippen LogP contribution in [0.3, 0.4) is 0 Å². The van der Waals surface area contributed by atoms with E-state index < -0.39 is 0 Å². The number of hydrogen-bond donors (Lipinski definition) is 1. The van der Waals surface area contributed by atoms with Crippen molar-refractivity contribution in [2.75, 3.05) is 30.7 Å². The number of para-hydroxylation sites is 2. The minimum atomic E-state index is -0.336. The van der Waals surface area contributed by atoms with Gasteiger partial charge in [0, 0.05) is 18.7 Å². The van der Waals surface area contributed by atoms with Crippen LogP contribution in [0, 0.1) is 0 Å². The number of nitrogens with zero attached hydrogens (tertiary/aromatic N) is 1. The summed E-state index contributed by atoms with van der Waals surface area (Å²) in [6.45, 7) is 1.42. The van der Waals surface area contributed by atoms with E-state index in [1.54, 1.807) is 36.4 Å². The number of fused-ring (bicyclic) bond motifs is 1. The summed E-state index contributed by atoms with van der Waals surface area (Å²) in [6, 6.07) is 12.2. The fraction of sp³-hybridized carbons (Fsp3) is 0.222. The summed E-state index contributed by atoms with van der Waals surface area (Å²) < 4.78 is 15.8. The molecule has 1 N–H and O–H groups in total. The number of hydrogen-bond acceptors (Lipinski definition) is 5. The van der Waals surface area contributed by atoms with Gasteiger partial charge in [-0.05, 0) is 24.3 Å². The fourth-order valence-electron chi connectivity index (χ4n) is 2.52. The van der Waals surface area contributed by atoms with Crippen LogP contribution in [0.1, 0.15) is 6.92 Å². The van der Waals surface area contributed by atoms with Gasteiger partial charge in [0.2, 0.25) is 18.6 Å². The molecule has 1 aliphatic heterocycles. The highest BCUT2D eigenvalue weighted by Gasteiger charge is 2.20. The molecule has 0 saturated heterocycles. The van der Waals surface area contributed by atoms with E-state index >= 15 is 0 Å². The van der Waals surface area contributed by atoms with E-state index in [1.807, 2.05) is 6.07 Å². The zero-order chi connectivity index (χ0) is 17.8. The van der Waals surface area contributed by atoms with Gasteiger partial charge in [-0.15, -0.1) is 0 Å². The highest BCUT2D eigenvalue weighted by molar-refractivity contribution is 6.02. The summed E-state index contributed by atoms with van der Waals surface area (Å²) in [4.78, 5) is 25.8. The van der Waals surface area contributed by atoms with Crippen LogP contribution in [-0.2, 0) is 9.59 Å². The molecule has 0 unspecified atom stereocenters. The van der Waals surface area contributed by atoms with Crippen molar-refractivity contribution >= 4 is 23.2 Å². The van der Waals surface area contributed by atoms with Crippen molar-refractivity contribution in [2.45, 2.75) is 6.92 Å². The number of ether oxygens (including phenoxy) is 3. The Morgan fingerprint density at radius 2 is 1.92 bits per heavy atom. The predicted octanol–water partition coefficient (Wildman–Crippen LogP) is 2.42. The van der Waals surface area contributed by atoms with Crippen LogP contribution >= 0.6 is 0 Å². The van der Waals surface area contributed by atoms with Crippen molar-refractivity contribution in [1.29, 1.82) is 0 Å². The van der Waals surface area contributed by atoms with Gasteiger partial charge in [0.05, 0.1) is 12.8 Å². The number of carbonyl (C=O) groups is 2. The van der Waals surface area contributed by atoms with Crippen LogP contribution < -0.4 is 24.4 Å². The van der Waals surface area contributed by atoms with Gasteiger partial charge in [0.25, 0.3) is 0 Å². The van der Waals surface area contributed by atoms with Gasteiger partial charge in [-0.3, -0.25) is 9.59 Å². The zero-order valence-corrected chi connectivity index (χ0v) is 13.9. The molecule has 2 aromatic carbocycles. The van der Waals surface area contributed by atoms with Crippen LogP contribution in [0.4, 0.5) is 11.4 Å². The summed E-state index contributed by atoms with van der Waals surface area (Å²) in [7, 11) is 1.53. The van der Waals surface area contributed by atoms with E-state index in [9.17, 15) is 9.59 Å². The van der Waals surface area contributed by atoms with Crippen LogP contribution in [0.15, 0.2) is 42.5 Å². The first-order valence-corrected chi connectivity index (χ1v) is 7.69. The SMILES string of the molecule is COc1ccccc1NC(=O)CN(C(C)=O)c1ccc2c(c1)OCO2. The summed E-state index contributed by atoms with van der Waals surface area (Å²) in [5.41, 5.74) is 1.11. The summed E-state index contributed by atoms with van der Waals surface area (Å²) in [5, 5.41) is 2.76. The fourth-order valence-corrected chi connectivity index (χ4v) is 2.52. The lowest BCUT2D eigenvalue weighted by atomic mass is 10.2. The molecule has 2 aromatic rings. The summed E-state index contributed by atoms with van der Waals surface area (Å²) in [6.07, 6.45) is 0. The highest BCUT2D eigenvalue weighted by Crippen LogP contribution is 2.35. The monoisotopic (exact) mass is 342 g/mol. The maximum absolute atomic E-state index is 12.4. The molecule has 0 atom stereocenters. The lowest BCUT2D eigenvalue weighted by molar-refractivity contribution is -0.120. The molecule has 0 radical (unpaired) electrons. The number of carbonyl (C=O) groups excluding carboxylic acids is 2. The molecule has 3 rings (SSSR count). The normalized spacial score (nSPS) is 11.8. The van der Waals surface area contributed by atoms with Crippen molar-refractivity contribution in [1.82, 2.24) is 0 Å². The molecule has 0 aliphatic carbocycles. The first-order valence-electron chi connectivity index (χ1n) is 7.69. The average Bonchev–Trinajstić information content (AvgIpc) is 3.07. The molecule has 2 amide bonds. The predicted molar refractivity (Wildman–Crippen MR) is 92.2 cm³/mol. The van der Waals surface area contributed by atoms with Gasteiger partial charge >= 0.3 is 0 Å². The quantitative estimate of drug-likeness (QED) is 0.903. The molecule has 130 valence electrons. The van der Waals surface area contributed by atoms with Crippen LogP contribution in [0.5, 0.6) is 17.2 Å². The molecule has 25 heavy (non-hydrogen) atoms. The molecule has 0 bridgehead atoms. The minimum Gasteiger partial charge on any atom is -0.495 e. The van der Waals surface area contributed by atoms with E-state index in [0.717, 1.165) is 0 Å². The Kier molecular flexibility index (Phi) is 4.74. The molecule has 0 saturated carbocycles. The maximum atomic E-state index is 12.4. The first-order chi connectivity index (χ1) is 12.1. The zero-order valence-electron chi connectivity index (χ0n) is 13.9. The smallest absolute Gasteiger partial charge is 0.244 e. The Morgan fingerprint density at radius 3 is 2.68 bits per heavy atom. The van der Waals surface area contributed by atoms with Crippen LogP contribution in [0.2, 0.25) is 0 Å². The van der Waals surface area contributed by atoms with E-state index in [2.05, 4.69) is 5.32 Å². The number of rotatable bonds is 5. The van der Waals surface area contributed by atoms with E-state index in [1.165, 1.54) is 18.9 Å². The average molecular weight is 342 g/mol.